The fraction of sp³-hybridized carbons (Fsp3) is 0.522. The first kappa shape index (κ1) is 19.8. The minimum Gasteiger partial charge on any atom is -0.494 e. The van der Waals surface area contributed by atoms with Crippen molar-refractivity contribution in [2.45, 2.75) is 52.0 Å². The number of benzene rings is 1. The van der Waals surface area contributed by atoms with E-state index in [1.165, 1.54) is 49.0 Å². The van der Waals surface area contributed by atoms with Crippen molar-refractivity contribution < 1.29 is 4.74 Å². The Kier molecular flexibility index (Phi) is 7.66. The highest BCUT2D eigenvalue weighted by Gasteiger charge is 2.10. The highest BCUT2D eigenvalue weighted by atomic mass is 16.5. The first-order valence-corrected chi connectivity index (χ1v) is 10.4. The van der Waals surface area contributed by atoms with Gasteiger partial charge in [0.1, 0.15) is 5.75 Å². The third kappa shape index (κ3) is 5.78. The van der Waals surface area contributed by atoms with Gasteiger partial charge >= 0.3 is 0 Å². The quantitative estimate of drug-likeness (QED) is 0.682. The van der Waals surface area contributed by atoms with Crippen LogP contribution in [0.15, 0.2) is 36.5 Å². The summed E-state index contributed by atoms with van der Waals surface area (Å²) in [5.74, 6) is 0.955. The molecule has 2 aromatic rings. The number of piperidine rings is 1. The summed E-state index contributed by atoms with van der Waals surface area (Å²) >= 11 is 0. The van der Waals surface area contributed by atoms with Crippen molar-refractivity contribution in [2.24, 2.45) is 5.73 Å². The molecule has 0 saturated carbocycles. The second-order valence-corrected chi connectivity index (χ2v) is 7.38. The lowest BCUT2D eigenvalue weighted by molar-refractivity contribution is 0.205. The van der Waals surface area contributed by atoms with Crippen LogP contribution in [0.25, 0.3) is 0 Å². The van der Waals surface area contributed by atoms with Crippen LogP contribution in [0.5, 0.6) is 5.75 Å². The summed E-state index contributed by atoms with van der Waals surface area (Å²) in [6.45, 7) is 7.20. The Hall–Kier alpha value is -1.91. The van der Waals surface area contributed by atoms with Crippen molar-refractivity contribution in [3.05, 3.63) is 58.9 Å². The molecule has 0 atom stereocenters. The van der Waals surface area contributed by atoms with Crippen LogP contribution in [-0.2, 0) is 19.4 Å². The van der Waals surface area contributed by atoms with Gasteiger partial charge in [-0.3, -0.25) is 4.98 Å². The molecule has 146 valence electrons. The van der Waals surface area contributed by atoms with E-state index in [1.54, 1.807) is 0 Å². The molecule has 0 aliphatic carbocycles. The number of ether oxygens (including phenoxy) is 1. The molecule has 27 heavy (non-hydrogen) atoms. The Balaban J connectivity index is 1.49. The highest BCUT2D eigenvalue weighted by Crippen LogP contribution is 2.19. The van der Waals surface area contributed by atoms with Crippen molar-refractivity contribution in [1.29, 1.82) is 0 Å². The number of hydrogen-bond donors (Lipinski definition) is 1. The van der Waals surface area contributed by atoms with Crippen LogP contribution in [0.1, 0.15) is 55.0 Å². The number of aromatic nitrogens is 1. The van der Waals surface area contributed by atoms with E-state index in [1.807, 2.05) is 12.3 Å². The van der Waals surface area contributed by atoms with Crippen LogP contribution in [-0.4, -0.2) is 36.1 Å². The van der Waals surface area contributed by atoms with Gasteiger partial charge in [0.25, 0.3) is 0 Å². The molecule has 1 aliphatic rings. The van der Waals surface area contributed by atoms with E-state index in [-0.39, 0.29) is 0 Å². The predicted molar refractivity (Wildman–Crippen MR) is 111 cm³/mol. The van der Waals surface area contributed by atoms with Crippen LogP contribution in [0.3, 0.4) is 0 Å². The second kappa shape index (κ2) is 10.4. The van der Waals surface area contributed by atoms with E-state index < -0.39 is 0 Å². The number of nitrogens with two attached hydrogens (primary N) is 1. The minimum atomic E-state index is 0.572. The van der Waals surface area contributed by atoms with E-state index in [4.69, 9.17) is 10.5 Å². The van der Waals surface area contributed by atoms with Crippen molar-refractivity contribution in [3.63, 3.8) is 0 Å². The fourth-order valence-electron chi connectivity index (χ4n) is 3.91. The molecular formula is C23H33N3O. The standard InChI is InChI=1S/C23H33N3O/c1-2-22-20(18-24)11-12-25-23(22)17-19-7-9-21(10-8-19)27-16-6-15-26-13-4-3-5-14-26/h7-12H,2-6,13-18,24H2,1H3. The van der Waals surface area contributed by atoms with Gasteiger partial charge < -0.3 is 15.4 Å². The SMILES string of the molecule is CCc1c(CN)ccnc1Cc1ccc(OCCCN2CCCCC2)cc1. The normalized spacial score (nSPS) is 15.0. The number of pyridine rings is 1. The monoisotopic (exact) mass is 367 g/mol. The van der Waals surface area contributed by atoms with Gasteiger partial charge in [-0.2, -0.15) is 0 Å². The minimum absolute atomic E-state index is 0.572. The van der Waals surface area contributed by atoms with Crippen molar-refractivity contribution in [3.8, 4) is 5.75 Å². The van der Waals surface area contributed by atoms with Crippen LogP contribution in [0.4, 0.5) is 0 Å². The smallest absolute Gasteiger partial charge is 0.119 e. The third-order valence-corrected chi connectivity index (χ3v) is 5.45. The highest BCUT2D eigenvalue weighted by molar-refractivity contribution is 5.35. The molecular weight excluding hydrogens is 334 g/mol. The molecule has 1 aromatic heterocycles. The lowest BCUT2D eigenvalue weighted by atomic mass is 9.99. The van der Waals surface area contributed by atoms with Gasteiger partial charge in [-0.25, -0.2) is 0 Å². The second-order valence-electron chi connectivity index (χ2n) is 7.38. The van der Waals surface area contributed by atoms with Gasteiger partial charge in [0, 0.05) is 31.4 Å². The van der Waals surface area contributed by atoms with Gasteiger partial charge in [0.15, 0.2) is 0 Å². The molecule has 3 rings (SSSR count). The number of likely N-dealkylation sites (tertiary alicyclic amines) is 1. The Morgan fingerprint density at radius 1 is 1.07 bits per heavy atom. The Labute approximate surface area is 163 Å². The van der Waals surface area contributed by atoms with Crippen LogP contribution < -0.4 is 10.5 Å². The van der Waals surface area contributed by atoms with Crippen LogP contribution >= 0.6 is 0 Å². The topological polar surface area (TPSA) is 51.4 Å². The van der Waals surface area contributed by atoms with Crippen LogP contribution in [0.2, 0.25) is 0 Å². The summed E-state index contributed by atoms with van der Waals surface area (Å²) in [5, 5.41) is 0. The molecule has 0 amide bonds. The molecule has 1 fully saturated rings. The van der Waals surface area contributed by atoms with Gasteiger partial charge in [0.2, 0.25) is 0 Å². The first-order valence-electron chi connectivity index (χ1n) is 10.4. The summed E-state index contributed by atoms with van der Waals surface area (Å²) in [6, 6.07) is 10.5. The van der Waals surface area contributed by atoms with Crippen molar-refractivity contribution in [2.75, 3.05) is 26.2 Å². The Morgan fingerprint density at radius 3 is 2.56 bits per heavy atom. The third-order valence-electron chi connectivity index (χ3n) is 5.45. The molecule has 0 radical (unpaired) electrons. The molecule has 0 bridgehead atoms. The average Bonchev–Trinajstić information content (AvgIpc) is 2.73. The molecule has 1 aromatic carbocycles. The molecule has 0 unspecified atom stereocenters. The zero-order valence-electron chi connectivity index (χ0n) is 16.6. The first-order chi connectivity index (χ1) is 13.3. The number of rotatable bonds is 9. The molecule has 1 saturated heterocycles. The molecule has 4 nitrogen and oxygen atoms in total. The van der Waals surface area contributed by atoms with Crippen LogP contribution in [0, 0.1) is 0 Å². The van der Waals surface area contributed by atoms with Crippen molar-refractivity contribution in [1.82, 2.24) is 9.88 Å². The maximum Gasteiger partial charge on any atom is 0.119 e. The van der Waals surface area contributed by atoms with Gasteiger partial charge in [-0.1, -0.05) is 25.5 Å². The fourth-order valence-corrected chi connectivity index (χ4v) is 3.91. The molecule has 2 heterocycles. The summed E-state index contributed by atoms with van der Waals surface area (Å²) in [5.41, 5.74) is 10.8. The van der Waals surface area contributed by atoms with Gasteiger partial charge in [-0.15, -0.1) is 0 Å². The summed E-state index contributed by atoms with van der Waals surface area (Å²) in [6.07, 6.45) is 8.87. The van der Waals surface area contributed by atoms with Crippen molar-refractivity contribution >= 4 is 0 Å². The van der Waals surface area contributed by atoms with Gasteiger partial charge in [0.05, 0.1) is 6.61 Å². The van der Waals surface area contributed by atoms with E-state index in [0.717, 1.165) is 43.9 Å². The Morgan fingerprint density at radius 2 is 1.85 bits per heavy atom. The largest absolute Gasteiger partial charge is 0.494 e. The number of hydrogen-bond acceptors (Lipinski definition) is 4. The molecule has 2 N–H and O–H groups in total. The summed E-state index contributed by atoms with van der Waals surface area (Å²) < 4.78 is 5.92. The molecule has 1 aliphatic heterocycles. The van der Waals surface area contributed by atoms with Gasteiger partial charge in [-0.05, 0) is 73.7 Å². The average molecular weight is 368 g/mol. The van der Waals surface area contributed by atoms with E-state index >= 15 is 0 Å². The van der Waals surface area contributed by atoms with E-state index in [2.05, 4.69) is 41.1 Å². The lowest BCUT2D eigenvalue weighted by Crippen LogP contribution is -2.31. The zero-order valence-corrected chi connectivity index (χ0v) is 16.6. The lowest BCUT2D eigenvalue weighted by Gasteiger charge is -2.26. The molecule has 0 spiro atoms. The van der Waals surface area contributed by atoms with E-state index in [0.29, 0.717) is 6.54 Å². The number of nitrogens with zero attached hydrogens (tertiary/aromatic N) is 2. The summed E-state index contributed by atoms with van der Waals surface area (Å²) in [7, 11) is 0. The summed E-state index contributed by atoms with van der Waals surface area (Å²) in [4.78, 5) is 7.15. The Bertz CT molecular complexity index is 693. The predicted octanol–water partition coefficient (Wildman–Crippen LogP) is 3.95. The zero-order chi connectivity index (χ0) is 18.9. The maximum atomic E-state index is 5.92. The molecule has 4 heteroatoms. The maximum absolute atomic E-state index is 5.92. The van der Waals surface area contributed by atoms with E-state index in [9.17, 15) is 0 Å².